The Kier molecular flexibility index (Phi) is 4.67. The van der Waals surface area contributed by atoms with E-state index in [1.165, 1.54) is 0 Å². The minimum absolute atomic E-state index is 0.0879. The highest BCUT2D eigenvalue weighted by atomic mass is 32.1. The van der Waals surface area contributed by atoms with Gasteiger partial charge < -0.3 is 4.90 Å². The minimum Gasteiger partial charge on any atom is -0.342 e. The van der Waals surface area contributed by atoms with Gasteiger partial charge in [0, 0.05) is 19.5 Å². The van der Waals surface area contributed by atoms with Crippen molar-refractivity contribution in [3.63, 3.8) is 0 Å². The number of carbonyl (C=O) groups is 1. The van der Waals surface area contributed by atoms with Crippen molar-refractivity contribution in [2.75, 3.05) is 18.8 Å². The van der Waals surface area contributed by atoms with Crippen molar-refractivity contribution in [3.8, 4) is 6.07 Å². The second-order valence-electron chi connectivity index (χ2n) is 4.80. The monoisotopic (exact) mass is 240 g/mol. The van der Waals surface area contributed by atoms with Crippen LogP contribution in [0.3, 0.4) is 0 Å². The average molecular weight is 240 g/mol. The summed E-state index contributed by atoms with van der Waals surface area (Å²) in [6, 6.07) is 2.17. The van der Waals surface area contributed by atoms with Gasteiger partial charge in [-0.05, 0) is 37.9 Å². The molecule has 1 atom stereocenters. The molecule has 0 saturated heterocycles. The summed E-state index contributed by atoms with van der Waals surface area (Å²) in [6.45, 7) is 5.05. The largest absolute Gasteiger partial charge is 0.342 e. The highest BCUT2D eigenvalue weighted by Crippen LogP contribution is 2.49. The number of rotatable bonds is 6. The van der Waals surface area contributed by atoms with Gasteiger partial charge in [0.05, 0.1) is 12.0 Å². The van der Waals surface area contributed by atoms with Gasteiger partial charge >= 0.3 is 0 Å². The summed E-state index contributed by atoms with van der Waals surface area (Å²) < 4.78 is 0. The van der Waals surface area contributed by atoms with E-state index in [1.54, 1.807) is 4.90 Å². The fourth-order valence-electron chi connectivity index (χ4n) is 1.78. The first-order chi connectivity index (χ1) is 7.56. The molecular formula is C12H20N2OS. The molecule has 1 fully saturated rings. The summed E-state index contributed by atoms with van der Waals surface area (Å²) in [4.78, 5) is 13.8. The van der Waals surface area contributed by atoms with Crippen LogP contribution in [-0.4, -0.2) is 29.6 Å². The number of nitrogens with zero attached hydrogens (tertiary/aromatic N) is 2. The zero-order valence-electron chi connectivity index (χ0n) is 10.1. The van der Waals surface area contributed by atoms with Gasteiger partial charge in [0.1, 0.15) is 0 Å². The fraction of sp³-hybridized carbons (Fsp3) is 0.833. The van der Waals surface area contributed by atoms with Crippen LogP contribution in [-0.2, 0) is 4.79 Å². The van der Waals surface area contributed by atoms with Gasteiger partial charge in [-0.1, -0.05) is 0 Å². The molecule has 0 bridgehead atoms. The Morgan fingerprint density at radius 1 is 1.62 bits per heavy atom. The summed E-state index contributed by atoms with van der Waals surface area (Å²) in [5.74, 6) is 0.885. The van der Waals surface area contributed by atoms with E-state index in [0.29, 0.717) is 19.5 Å². The van der Waals surface area contributed by atoms with E-state index >= 15 is 0 Å². The predicted octanol–water partition coefficient (Wildman–Crippen LogP) is 2.09. The summed E-state index contributed by atoms with van der Waals surface area (Å²) in [5, 5.41) is 8.75. The highest BCUT2D eigenvalue weighted by molar-refractivity contribution is 7.80. The Morgan fingerprint density at radius 2 is 2.25 bits per heavy atom. The predicted molar refractivity (Wildman–Crippen MR) is 67.2 cm³/mol. The van der Waals surface area contributed by atoms with Gasteiger partial charge in [-0.2, -0.15) is 17.9 Å². The zero-order chi connectivity index (χ0) is 12.2. The second kappa shape index (κ2) is 5.58. The van der Waals surface area contributed by atoms with Crippen molar-refractivity contribution < 1.29 is 4.79 Å². The average Bonchev–Trinajstić information content (AvgIpc) is 3.05. The summed E-state index contributed by atoms with van der Waals surface area (Å²) in [6.07, 6.45) is 2.84. The van der Waals surface area contributed by atoms with Crippen LogP contribution in [0.2, 0.25) is 0 Å². The number of hydrogen-bond acceptors (Lipinski definition) is 3. The first-order valence-corrected chi connectivity index (χ1v) is 6.48. The van der Waals surface area contributed by atoms with Crippen molar-refractivity contribution >= 4 is 18.5 Å². The van der Waals surface area contributed by atoms with Crippen molar-refractivity contribution in [1.29, 1.82) is 5.26 Å². The number of hydrogen-bond donors (Lipinski definition) is 1. The highest BCUT2D eigenvalue weighted by Gasteiger charge is 2.43. The standard InChI is InChI=1S/C12H20N2OS/c1-3-14(8-10(2)7-13)11(15)6-12(9-16)4-5-12/h10,16H,3-6,8-9H2,1-2H3. The molecule has 1 aliphatic rings. The molecule has 1 unspecified atom stereocenters. The van der Waals surface area contributed by atoms with Crippen LogP contribution in [0, 0.1) is 22.7 Å². The normalized spacial score (nSPS) is 18.6. The van der Waals surface area contributed by atoms with E-state index in [-0.39, 0.29) is 17.2 Å². The Hall–Kier alpha value is -0.690. The van der Waals surface area contributed by atoms with E-state index in [1.807, 2.05) is 13.8 Å². The molecule has 1 saturated carbocycles. The maximum Gasteiger partial charge on any atom is 0.223 e. The van der Waals surface area contributed by atoms with Crippen LogP contribution in [0.4, 0.5) is 0 Å². The fourth-order valence-corrected chi connectivity index (χ4v) is 2.21. The molecular weight excluding hydrogens is 220 g/mol. The lowest BCUT2D eigenvalue weighted by atomic mass is 10.0. The lowest BCUT2D eigenvalue weighted by Gasteiger charge is -2.24. The van der Waals surface area contributed by atoms with Crippen LogP contribution in [0.1, 0.15) is 33.1 Å². The molecule has 0 aliphatic heterocycles. The molecule has 3 nitrogen and oxygen atoms in total. The molecule has 0 heterocycles. The Bertz CT molecular complexity index is 294. The van der Waals surface area contributed by atoms with Gasteiger partial charge in [0.15, 0.2) is 0 Å². The van der Waals surface area contributed by atoms with Gasteiger partial charge in [0.25, 0.3) is 0 Å². The smallest absolute Gasteiger partial charge is 0.223 e. The number of nitriles is 1. The molecule has 1 amide bonds. The molecule has 1 rings (SSSR count). The zero-order valence-corrected chi connectivity index (χ0v) is 11.0. The maximum atomic E-state index is 12.0. The second-order valence-corrected chi connectivity index (χ2v) is 5.11. The Labute approximate surface area is 103 Å². The number of amides is 1. The molecule has 0 aromatic heterocycles. The third-order valence-electron chi connectivity index (χ3n) is 3.27. The first-order valence-electron chi connectivity index (χ1n) is 5.85. The molecule has 90 valence electrons. The van der Waals surface area contributed by atoms with Gasteiger partial charge in [0.2, 0.25) is 5.91 Å². The van der Waals surface area contributed by atoms with Gasteiger partial charge in [-0.25, -0.2) is 0 Å². The Morgan fingerprint density at radius 3 is 2.62 bits per heavy atom. The van der Waals surface area contributed by atoms with Crippen LogP contribution in [0.25, 0.3) is 0 Å². The van der Waals surface area contributed by atoms with Crippen LogP contribution in [0.15, 0.2) is 0 Å². The molecule has 16 heavy (non-hydrogen) atoms. The maximum absolute atomic E-state index is 12.0. The molecule has 0 radical (unpaired) electrons. The number of carbonyl (C=O) groups excluding carboxylic acids is 1. The van der Waals surface area contributed by atoms with Crippen molar-refractivity contribution in [3.05, 3.63) is 0 Å². The molecule has 0 N–H and O–H groups in total. The summed E-state index contributed by atoms with van der Waals surface area (Å²) in [7, 11) is 0. The molecule has 0 aromatic carbocycles. The molecule has 0 spiro atoms. The summed E-state index contributed by atoms with van der Waals surface area (Å²) >= 11 is 4.30. The SMILES string of the molecule is CCN(CC(C)C#N)C(=O)CC1(CS)CC1. The summed E-state index contributed by atoms with van der Waals surface area (Å²) in [5.41, 5.74) is 0.170. The van der Waals surface area contributed by atoms with Crippen LogP contribution in [0.5, 0.6) is 0 Å². The van der Waals surface area contributed by atoms with E-state index < -0.39 is 0 Å². The quantitative estimate of drug-likeness (QED) is 0.723. The Balaban J connectivity index is 2.47. The molecule has 0 aromatic rings. The molecule has 1 aliphatic carbocycles. The minimum atomic E-state index is -0.0879. The van der Waals surface area contributed by atoms with Crippen LogP contribution >= 0.6 is 12.6 Å². The number of thiol groups is 1. The van der Waals surface area contributed by atoms with Crippen molar-refractivity contribution in [2.45, 2.75) is 33.1 Å². The third kappa shape index (κ3) is 3.41. The third-order valence-corrected chi connectivity index (χ3v) is 3.94. The molecule has 4 heteroatoms. The van der Waals surface area contributed by atoms with Crippen molar-refractivity contribution in [1.82, 2.24) is 4.90 Å². The van der Waals surface area contributed by atoms with Gasteiger partial charge in [-0.15, -0.1) is 0 Å². The first kappa shape index (κ1) is 13.4. The van der Waals surface area contributed by atoms with E-state index in [0.717, 1.165) is 18.6 Å². The van der Waals surface area contributed by atoms with E-state index in [2.05, 4.69) is 18.7 Å². The lowest BCUT2D eigenvalue weighted by Crippen LogP contribution is -2.35. The topological polar surface area (TPSA) is 44.1 Å². The van der Waals surface area contributed by atoms with Gasteiger partial charge in [-0.3, -0.25) is 4.79 Å². The lowest BCUT2D eigenvalue weighted by molar-refractivity contribution is -0.132. The van der Waals surface area contributed by atoms with E-state index in [9.17, 15) is 4.79 Å². The van der Waals surface area contributed by atoms with E-state index in [4.69, 9.17) is 5.26 Å². The van der Waals surface area contributed by atoms with Crippen LogP contribution < -0.4 is 0 Å². The van der Waals surface area contributed by atoms with Crippen molar-refractivity contribution in [2.24, 2.45) is 11.3 Å².